The van der Waals surface area contributed by atoms with Crippen LogP contribution in [0.5, 0.6) is 0 Å². The second kappa shape index (κ2) is 7.18. The lowest BCUT2D eigenvalue weighted by atomic mass is 10.0. The number of hydrogen-bond acceptors (Lipinski definition) is 3. The first-order chi connectivity index (χ1) is 11.6. The molecule has 1 amide bonds. The van der Waals surface area contributed by atoms with Crippen molar-refractivity contribution in [3.8, 4) is 11.3 Å². The lowest BCUT2D eigenvalue weighted by Crippen LogP contribution is -2.47. The maximum atomic E-state index is 12.8. The Balaban J connectivity index is 1.84. The highest BCUT2D eigenvalue weighted by atomic mass is 16.2. The number of carbonyl (C=O) groups excluding carboxylic acids is 1. The van der Waals surface area contributed by atoms with Crippen molar-refractivity contribution in [2.75, 3.05) is 20.6 Å². The fraction of sp³-hybridized carbons (Fsp3) is 0.474. The second-order valence-corrected chi connectivity index (χ2v) is 6.72. The standard InChI is InChI=1S/C19H26N4O/c1-14(22(2)3)19(24)23-12-8-7-11-17(23)18-20-13-16(21-18)15-9-5-4-6-10-15/h4-6,9-10,13-14,17H,7-8,11-12H2,1-3H3,(H,20,21)/t14-,17?/m1/s1. The molecule has 0 spiro atoms. The third-order valence-electron chi connectivity index (χ3n) is 4.90. The summed E-state index contributed by atoms with van der Waals surface area (Å²) in [5, 5.41) is 0. The molecule has 5 nitrogen and oxygen atoms in total. The minimum Gasteiger partial charge on any atom is -0.346 e. The van der Waals surface area contributed by atoms with Gasteiger partial charge >= 0.3 is 0 Å². The number of nitrogens with zero attached hydrogens (tertiary/aromatic N) is 3. The quantitative estimate of drug-likeness (QED) is 0.939. The van der Waals surface area contributed by atoms with Crippen LogP contribution in [0, 0.1) is 0 Å². The number of amides is 1. The Labute approximate surface area is 143 Å². The van der Waals surface area contributed by atoms with Crippen molar-refractivity contribution < 1.29 is 4.79 Å². The van der Waals surface area contributed by atoms with E-state index in [9.17, 15) is 4.79 Å². The van der Waals surface area contributed by atoms with Gasteiger partial charge in [0.15, 0.2) is 0 Å². The minimum absolute atomic E-state index is 0.0473. The molecule has 1 aliphatic heterocycles. The van der Waals surface area contributed by atoms with Gasteiger partial charge in [-0.05, 0) is 40.3 Å². The van der Waals surface area contributed by atoms with E-state index in [-0.39, 0.29) is 18.0 Å². The molecular weight excluding hydrogens is 300 g/mol. The third kappa shape index (κ3) is 3.36. The number of likely N-dealkylation sites (tertiary alicyclic amines) is 1. The predicted octanol–water partition coefficient (Wildman–Crippen LogP) is 3.08. The molecule has 1 aromatic heterocycles. The number of imidazole rings is 1. The monoisotopic (exact) mass is 326 g/mol. The summed E-state index contributed by atoms with van der Waals surface area (Å²) in [6.45, 7) is 2.77. The summed E-state index contributed by atoms with van der Waals surface area (Å²) in [6.07, 6.45) is 5.10. The molecular formula is C19H26N4O. The topological polar surface area (TPSA) is 52.2 Å². The highest BCUT2D eigenvalue weighted by molar-refractivity contribution is 5.82. The van der Waals surface area contributed by atoms with Crippen LogP contribution in [0.25, 0.3) is 11.3 Å². The number of benzene rings is 1. The van der Waals surface area contributed by atoms with Crippen molar-refractivity contribution in [3.05, 3.63) is 42.4 Å². The van der Waals surface area contributed by atoms with Gasteiger partial charge in [-0.25, -0.2) is 4.98 Å². The molecule has 3 rings (SSSR count). The first-order valence-corrected chi connectivity index (χ1v) is 8.65. The molecule has 1 N–H and O–H groups in total. The third-order valence-corrected chi connectivity index (χ3v) is 4.90. The maximum absolute atomic E-state index is 12.8. The second-order valence-electron chi connectivity index (χ2n) is 6.72. The van der Waals surface area contributed by atoms with E-state index in [4.69, 9.17) is 4.98 Å². The Morgan fingerprint density at radius 2 is 2.04 bits per heavy atom. The fourth-order valence-electron chi connectivity index (χ4n) is 3.20. The molecule has 5 heteroatoms. The van der Waals surface area contributed by atoms with Gasteiger partial charge in [0.1, 0.15) is 5.82 Å². The zero-order chi connectivity index (χ0) is 17.1. The van der Waals surface area contributed by atoms with Crippen LogP contribution >= 0.6 is 0 Å². The normalized spacial score (nSPS) is 19.5. The lowest BCUT2D eigenvalue weighted by molar-refractivity contribution is -0.139. The van der Waals surface area contributed by atoms with Crippen LogP contribution in [0.2, 0.25) is 0 Å². The molecule has 1 aromatic carbocycles. The van der Waals surface area contributed by atoms with Crippen LogP contribution in [-0.2, 0) is 4.79 Å². The summed E-state index contributed by atoms with van der Waals surface area (Å²) < 4.78 is 0. The van der Waals surface area contributed by atoms with Crippen molar-refractivity contribution in [2.24, 2.45) is 0 Å². The van der Waals surface area contributed by atoms with Crippen LogP contribution in [0.15, 0.2) is 36.5 Å². The van der Waals surface area contributed by atoms with E-state index in [0.29, 0.717) is 0 Å². The van der Waals surface area contributed by atoms with Gasteiger partial charge in [-0.1, -0.05) is 30.3 Å². The van der Waals surface area contributed by atoms with E-state index < -0.39 is 0 Å². The number of carbonyl (C=O) groups is 1. The van der Waals surface area contributed by atoms with Crippen molar-refractivity contribution in [1.82, 2.24) is 19.8 Å². The van der Waals surface area contributed by atoms with E-state index >= 15 is 0 Å². The SMILES string of the molecule is C[C@H](C(=O)N1CCCCC1c1nc(-c2ccccc2)c[nH]1)N(C)C. The molecule has 1 aliphatic rings. The molecule has 2 aromatic rings. The number of hydrogen-bond donors (Lipinski definition) is 1. The maximum Gasteiger partial charge on any atom is 0.240 e. The lowest BCUT2D eigenvalue weighted by Gasteiger charge is -2.37. The van der Waals surface area contributed by atoms with Gasteiger partial charge in [0.2, 0.25) is 5.91 Å². The molecule has 2 atom stereocenters. The Hall–Kier alpha value is -2.14. The first kappa shape index (κ1) is 16.7. The Morgan fingerprint density at radius 1 is 1.29 bits per heavy atom. The van der Waals surface area contributed by atoms with E-state index in [1.54, 1.807) is 0 Å². The molecule has 0 radical (unpaired) electrons. The molecule has 1 saturated heterocycles. The van der Waals surface area contributed by atoms with Crippen molar-refractivity contribution in [1.29, 1.82) is 0 Å². The molecule has 1 unspecified atom stereocenters. The van der Waals surface area contributed by atoms with E-state index in [2.05, 4.69) is 17.1 Å². The molecule has 0 saturated carbocycles. The molecule has 0 bridgehead atoms. The summed E-state index contributed by atoms with van der Waals surface area (Å²) in [5.74, 6) is 1.08. The average Bonchev–Trinajstić information content (AvgIpc) is 3.11. The van der Waals surface area contributed by atoms with Crippen molar-refractivity contribution in [2.45, 2.75) is 38.3 Å². The number of H-pyrrole nitrogens is 1. The summed E-state index contributed by atoms with van der Waals surface area (Å²) in [5.41, 5.74) is 2.03. The molecule has 0 aliphatic carbocycles. The van der Waals surface area contributed by atoms with Crippen molar-refractivity contribution >= 4 is 5.91 Å². The minimum atomic E-state index is -0.117. The number of nitrogens with one attached hydrogen (secondary N) is 1. The van der Waals surface area contributed by atoms with E-state index in [0.717, 1.165) is 42.9 Å². The van der Waals surface area contributed by atoms with Gasteiger partial charge in [-0.15, -0.1) is 0 Å². The Kier molecular flexibility index (Phi) is 5.00. The van der Waals surface area contributed by atoms with E-state index in [1.165, 1.54) is 0 Å². The highest BCUT2D eigenvalue weighted by Gasteiger charge is 2.33. The van der Waals surface area contributed by atoms with Gasteiger partial charge in [0.05, 0.1) is 17.8 Å². The summed E-state index contributed by atoms with van der Waals surface area (Å²) >= 11 is 0. The summed E-state index contributed by atoms with van der Waals surface area (Å²) in [7, 11) is 3.89. The Bertz CT molecular complexity index is 680. The molecule has 2 heterocycles. The highest BCUT2D eigenvalue weighted by Crippen LogP contribution is 2.31. The van der Waals surface area contributed by atoms with Gasteiger partial charge < -0.3 is 9.88 Å². The van der Waals surface area contributed by atoms with Gasteiger partial charge in [0.25, 0.3) is 0 Å². The zero-order valence-electron chi connectivity index (χ0n) is 14.7. The predicted molar refractivity (Wildman–Crippen MR) is 95.5 cm³/mol. The van der Waals surface area contributed by atoms with Crippen molar-refractivity contribution in [3.63, 3.8) is 0 Å². The number of likely N-dealkylation sites (N-methyl/N-ethyl adjacent to an activating group) is 1. The Morgan fingerprint density at radius 3 is 2.75 bits per heavy atom. The van der Waals surface area contributed by atoms with E-state index in [1.807, 2.05) is 55.2 Å². The number of aromatic nitrogens is 2. The fourth-order valence-corrected chi connectivity index (χ4v) is 3.20. The number of piperidine rings is 1. The number of rotatable bonds is 4. The molecule has 1 fully saturated rings. The summed E-state index contributed by atoms with van der Waals surface area (Å²) in [6, 6.07) is 10.1. The van der Waals surface area contributed by atoms with Crippen LogP contribution < -0.4 is 0 Å². The number of aromatic amines is 1. The van der Waals surface area contributed by atoms with Gasteiger partial charge in [-0.2, -0.15) is 0 Å². The zero-order valence-corrected chi connectivity index (χ0v) is 14.7. The van der Waals surface area contributed by atoms with Crippen LogP contribution in [0.4, 0.5) is 0 Å². The van der Waals surface area contributed by atoms with Crippen LogP contribution in [0.3, 0.4) is 0 Å². The van der Waals surface area contributed by atoms with Crippen LogP contribution in [0.1, 0.15) is 38.1 Å². The molecule has 24 heavy (non-hydrogen) atoms. The summed E-state index contributed by atoms with van der Waals surface area (Å²) in [4.78, 5) is 24.9. The van der Waals surface area contributed by atoms with Gasteiger partial charge in [-0.3, -0.25) is 9.69 Å². The van der Waals surface area contributed by atoms with Crippen LogP contribution in [-0.4, -0.2) is 52.4 Å². The largest absolute Gasteiger partial charge is 0.346 e. The average molecular weight is 326 g/mol. The molecule has 128 valence electrons. The smallest absolute Gasteiger partial charge is 0.240 e. The van der Waals surface area contributed by atoms with Gasteiger partial charge in [0, 0.05) is 18.3 Å². The first-order valence-electron chi connectivity index (χ1n) is 8.65.